The van der Waals surface area contributed by atoms with Gasteiger partial charge in [-0.2, -0.15) is 0 Å². The lowest BCUT2D eigenvalue weighted by Gasteiger charge is -2.18. The maximum absolute atomic E-state index is 12.7. The van der Waals surface area contributed by atoms with Gasteiger partial charge in [-0.05, 0) is 49.2 Å². The minimum atomic E-state index is -0.0784. The van der Waals surface area contributed by atoms with Crippen LogP contribution < -0.4 is 5.32 Å². The monoisotopic (exact) mass is 345 g/mol. The lowest BCUT2D eigenvalue weighted by atomic mass is 10.1. The van der Waals surface area contributed by atoms with Gasteiger partial charge < -0.3 is 5.32 Å². The summed E-state index contributed by atoms with van der Waals surface area (Å²) in [4.78, 5) is 19.6. The van der Waals surface area contributed by atoms with Crippen LogP contribution in [0.15, 0.2) is 60.8 Å². The number of nitrogens with one attached hydrogen (secondary N) is 1. The van der Waals surface area contributed by atoms with Gasteiger partial charge in [-0.1, -0.05) is 42.5 Å². The van der Waals surface area contributed by atoms with Gasteiger partial charge in [0, 0.05) is 24.7 Å². The van der Waals surface area contributed by atoms with E-state index in [-0.39, 0.29) is 5.91 Å². The van der Waals surface area contributed by atoms with E-state index in [1.807, 2.05) is 36.4 Å². The molecule has 0 saturated carbocycles. The highest BCUT2D eigenvalue weighted by Gasteiger charge is 2.15. The molecule has 1 aromatic heterocycles. The van der Waals surface area contributed by atoms with Crippen molar-refractivity contribution in [1.82, 2.24) is 15.2 Å². The van der Waals surface area contributed by atoms with Crippen LogP contribution in [-0.2, 0) is 13.1 Å². The predicted molar refractivity (Wildman–Crippen MR) is 104 cm³/mol. The van der Waals surface area contributed by atoms with Crippen LogP contribution in [0.25, 0.3) is 10.9 Å². The Kier molecular flexibility index (Phi) is 4.93. The number of hydrogen-bond acceptors (Lipinski definition) is 3. The zero-order chi connectivity index (χ0) is 17.8. The summed E-state index contributed by atoms with van der Waals surface area (Å²) in [6.07, 6.45) is 4.30. The molecule has 1 N–H and O–H groups in total. The highest BCUT2D eigenvalue weighted by atomic mass is 16.1. The van der Waals surface area contributed by atoms with E-state index in [1.165, 1.54) is 37.1 Å². The first-order valence-corrected chi connectivity index (χ1v) is 9.22. The molecular weight excluding hydrogens is 322 g/mol. The first-order chi connectivity index (χ1) is 12.8. The smallest absolute Gasteiger partial charge is 0.253 e. The Morgan fingerprint density at radius 2 is 1.73 bits per heavy atom. The fourth-order valence-corrected chi connectivity index (χ4v) is 3.62. The van der Waals surface area contributed by atoms with Gasteiger partial charge in [0.1, 0.15) is 0 Å². The number of nitrogens with zero attached hydrogens (tertiary/aromatic N) is 2. The van der Waals surface area contributed by atoms with Gasteiger partial charge >= 0.3 is 0 Å². The molecule has 4 rings (SSSR count). The minimum absolute atomic E-state index is 0.0784. The lowest BCUT2D eigenvalue weighted by Crippen LogP contribution is -2.25. The molecule has 1 saturated heterocycles. The Hall–Kier alpha value is -2.72. The molecule has 1 fully saturated rings. The van der Waals surface area contributed by atoms with Crippen molar-refractivity contribution in [3.63, 3.8) is 0 Å². The minimum Gasteiger partial charge on any atom is -0.348 e. The summed E-state index contributed by atoms with van der Waals surface area (Å²) >= 11 is 0. The van der Waals surface area contributed by atoms with Gasteiger partial charge in [0.05, 0.1) is 11.1 Å². The van der Waals surface area contributed by atoms with Gasteiger partial charge in [-0.3, -0.25) is 14.7 Å². The average Bonchev–Trinajstić information content (AvgIpc) is 3.20. The molecule has 2 aromatic carbocycles. The summed E-state index contributed by atoms with van der Waals surface area (Å²) in [6, 6.07) is 18.0. The molecule has 132 valence electrons. The van der Waals surface area contributed by atoms with E-state index in [0.717, 1.165) is 17.4 Å². The van der Waals surface area contributed by atoms with Crippen molar-refractivity contribution in [3.8, 4) is 0 Å². The number of carbonyl (C=O) groups is 1. The van der Waals surface area contributed by atoms with Gasteiger partial charge in [0.15, 0.2) is 0 Å². The highest BCUT2D eigenvalue weighted by molar-refractivity contribution is 6.05. The number of pyridine rings is 1. The molecule has 4 heteroatoms. The molecule has 0 atom stereocenters. The molecule has 26 heavy (non-hydrogen) atoms. The van der Waals surface area contributed by atoms with Gasteiger partial charge in [-0.25, -0.2) is 0 Å². The number of rotatable bonds is 5. The maximum Gasteiger partial charge on any atom is 0.253 e. The topological polar surface area (TPSA) is 45.2 Å². The summed E-state index contributed by atoms with van der Waals surface area (Å²) in [7, 11) is 0. The van der Waals surface area contributed by atoms with Crippen molar-refractivity contribution in [3.05, 3.63) is 77.5 Å². The number of aromatic nitrogens is 1. The molecule has 0 aliphatic carbocycles. The van der Waals surface area contributed by atoms with Crippen molar-refractivity contribution in [2.24, 2.45) is 0 Å². The molecule has 0 bridgehead atoms. The third kappa shape index (κ3) is 3.60. The fourth-order valence-electron chi connectivity index (χ4n) is 3.62. The van der Waals surface area contributed by atoms with Crippen LogP contribution in [0.4, 0.5) is 0 Å². The maximum atomic E-state index is 12.7. The van der Waals surface area contributed by atoms with E-state index < -0.39 is 0 Å². The van der Waals surface area contributed by atoms with Crippen LogP contribution in [0.1, 0.15) is 34.3 Å². The Morgan fingerprint density at radius 1 is 0.962 bits per heavy atom. The summed E-state index contributed by atoms with van der Waals surface area (Å²) in [6.45, 7) is 3.83. The molecule has 3 aromatic rings. The lowest BCUT2D eigenvalue weighted by molar-refractivity contribution is 0.0952. The number of carbonyl (C=O) groups excluding carboxylic acids is 1. The largest absolute Gasteiger partial charge is 0.348 e. The van der Waals surface area contributed by atoms with E-state index in [9.17, 15) is 4.79 Å². The molecule has 1 aliphatic heterocycles. The summed E-state index contributed by atoms with van der Waals surface area (Å²) in [5.74, 6) is -0.0784. The molecule has 0 unspecified atom stereocenters. The standard InChI is InChI=1S/C22H23N3O/c26-22(20-11-5-9-17-10-6-12-23-21(17)20)24-15-18-7-1-2-8-19(18)16-25-13-3-4-14-25/h1-2,5-12H,3-4,13-16H2,(H,24,26). The summed E-state index contributed by atoms with van der Waals surface area (Å²) in [5.41, 5.74) is 3.85. The zero-order valence-electron chi connectivity index (χ0n) is 14.8. The van der Waals surface area contributed by atoms with E-state index >= 15 is 0 Å². The number of para-hydroxylation sites is 1. The van der Waals surface area contributed by atoms with Crippen molar-refractivity contribution >= 4 is 16.8 Å². The number of amides is 1. The first-order valence-electron chi connectivity index (χ1n) is 9.22. The molecule has 4 nitrogen and oxygen atoms in total. The molecule has 0 radical (unpaired) electrons. The molecule has 1 amide bonds. The molecule has 0 spiro atoms. The van der Waals surface area contributed by atoms with Crippen molar-refractivity contribution in [2.75, 3.05) is 13.1 Å². The van der Waals surface area contributed by atoms with Gasteiger partial charge in [0.25, 0.3) is 5.91 Å². The van der Waals surface area contributed by atoms with E-state index in [0.29, 0.717) is 12.1 Å². The first kappa shape index (κ1) is 16.7. The van der Waals surface area contributed by atoms with E-state index in [2.05, 4.69) is 33.4 Å². The van der Waals surface area contributed by atoms with Gasteiger partial charge in [0.2, 0.25) is 0 Å². The molecule has 1 aliphatic rings. The van der Waals surface area contributed by atoms with Crippen LogP contribution in [-0.4, -0.2) is 28.9 Å². The molecule has 2 heterocycles. The Morgan fingerprint density at radius 3 is 2.58 bits per heavy atom. The van der Waals surface area contributed by atoms with Crippen molar-refractivity contribution in [2.45, 2.75) is 25.9 Å². The second-order valence-electron chi connectivity index (χ2n) is 6.82. The van der Waals surface area contributed by atoms with Crippen LogP contribution in [0, 0.1) is 0 Å². The number of likely N-dealkylation sites (tertiary alicyclic amines) is 1. The van der Waals surface area contributed by atoms with Gasteiger partial charge in [-0.15, -0.1) is 0 Å². The number of hydrogen-bond donors (Lipinski definition) is 1. The van der Waals surface area contributed by atoms with Crippen LogP contribution in [0.5, 0.6) is 0 Å². The second kappa shape index (κ2) is 7.67. The normalized spacial score (nSPS) is 14.6. The Balaban J connectivity index is 1.49. The van der Waals surface area contributed by atoms with Crippen molar-refractivity contribution in [1.29, 1.82) is 0 Å². The Bertz CT molecular complexity index is 911. The second-order valence-corrected chi connectivity index (χ2v) is 6.82. The van der Waals surface area contributed by atoms with E-state index in [4.69, 9.17) is 0 Å². The number of fused-ring (bicyclic) bond motifs is 1. The fraction of sp³-hybridized carbons (Fsp3) is 0.273. The third-order valence-electron chi connectivity index (χ3n) is 5.03. The quantitative estimate of drug-likeness (QED) is 0.766. The van der Waals surface area contributed by atoms with E-state index in [1.54, 1.807) is 6.20 Å². The number of benzene rings is 2. The summed E-state index contributed by atoms with van der Waals surface area (Å²) < 4.78 is 0. The molecular formula is C22H23N3O. The highest BCUT2D eigenvalue weighted by Crippen LogP contribution is 2.18. The summed E-state index contributed by atoms with van der Waals surface area (Å²) in [5, 5.41) is 4.06. The predicted octanol–water partition coefficient (Wildman–Crippen LogP) is 3.76. The van der Waals surface area contributed by atoms with Crippen molar-refractivity contribution < 1.29 is 4.79 Å². The zero-order valence-corrected chi connectivity index (χ0v) is 14.8. The SMILES string of the molecule is O=C(NCc1ccccc1CN1CCCC1)c1cccc2cccnc12. The van der Waals surface area contributed by atoms with Crippen LogP contribution >= 0.6 is 0 Å². The van der Waals surface area contributed by atoms with Crippen LogP contribution in [0.3, 0.4) is 0 Å². The average molecular weight is 345 g/mol. The van der Waals surface area contributed by atoms with Crippen LogP contribution in [0.2, 0.25) is 0 Å². The third-order valence-corrected chi connectivity index (χ3v) is 5.03. The Labute approximate surface area is 153 Å².